The molecule has 186 valence electrons. The molecule has 0 unspecified atom stereocenters. The SMILES string of the molecule is CCn1c(CNC(=O)COc2ccc(C(C)C)cc2)nnc1SCC(=O)N[C@@H](C)c1ccccc1. The van der Waals surface area contributed by atoms with Gasteiger partial charge in [-0.2, -0.15) is 0 Å². The lowest BCUT2D eigenvalue weighted by Crippen LogP contribution is -2.29. The molecule has 2 amide bonds. The van der Waals surface area contributed by atoms with E-state index in [0.717, 1.165) is 5.56 Å². The Balaban J connectivity index is 1.45. The van der Waals surface area contributed by atoms with Gasteiger partial charge in [0, 0.05) is 6.54 Å². The van der Waals surface area contributed by atoms with Gasteiger partial charge in [-0.15, -0.1) is 10.2 Å². The minimum Gasteiger partial charge on any atom is -0.484 e. The number of ether oxygens (including phenoxy) is 1. The summed E-state index contributed by atoms with van der Waals surface area (Å²) in [5.41, 5.74) is 2.27. The van der Waals surface area contributed by atoms with Crippen LogP contribution in [-0.2, 0) is 22.7 Å². The number of nitrogens with one attached hydrogen (secondary N) is 2. The van der Waals surface area contributed by atoms with E-state index >= 15 is 0 Å². The zero-order chi connectivity index (χ0) is 25.2. The van der Waals surface area contributed by atoms with E-state index in [1.165, 1.54) is 17.3 Å². The first-order chi connectivity index (χ1) is 16.9. The highest BCUT2D eigenvalue weighted by atomic mass is 32.2. The van der Waals surface area contributed by atoms with Crippen LogP contribution in [-0.4, -0.2) is 38.9 Å². The Kier molecular flexibility index (Phi) is 9.72. The molecule has 1 heterocycles. The van der Waals surface area contributed by atoms with E-state index in [-0.39, 0.29) is 36.8 Å². The normalized spacial score (nSPS) is 11.8. The zero-order valence-corrected chi connectivity index (χ0v) is 21.5. The number of rotatable bonds is 12. The van der Waals surface area contributed by atoms with Crippen LogP contribution in [0.15, 0.2) is 59.8 Å². The van der Waals surface area contributed by atoms with Crippen LogP contribution in [0.5, 0.6) is 5.75 Å². The third kappa shape index (κ3) is 7.85. The Morgan fingerprint density at radius 1 is 0.971 bits per heavy atom. The predicted molar refractivity (Wildman–Crippen MR) is 137 cm³/mol. The quantitative estimate of drug-likeness (QED) is 0.367. The number of hydrogen-bond donors (Lipinski definition) is 2. The van der Waals surface area contributed by atoms with Crippen molar-refractivity contribution in [3.05, 3.63) is 71.5 Å². The summed E-state index contributed by atoms with van der Waals surface area (Å²) in [4.78, 5) is 24.7. The van der Waals surface area contributed by atoms with E-state index < -0.39 is 0 Å². The van der Waals surface area contributed by atoms with Gasteiger partial charge < -0.3 is 19.9 Å². The van der Waals surface area contributed by atoms with Crippen LogP contribution in [0.4, 0.5) is 0 Å². The third-order valence-corrected chi connectivity index (χ3v) is 6.45. The van der Waals surface area contributed by atoms with E-state index in [0.29, 0.717) is 29.2 Å². The second-order valence-corrected chi connectivity index (χ2v) is 9.36. The molecule has 1 aromatic heterocycles. The fourth-order valence-electron chi connectivity index (χ4n) is 3.44. The van der Waals surface area contributed by atoms with Gasteiger partial charge in [-0.1, -0.05) is 68.1 Å². The van der Waals surface area contributed by atoms with Crippen molar-refractivity contribution in [2.24, 2.45) is 0 Å². The lowest BCUT2D eigenvalue weighted by atomic mass is 10.0. The first kappa shape index (κ1) is 26.3. The molecule has 0 saturated carbocycles. The van der Waals surface area contributed by atoms with Crippen molar-refractivity contribution >= 4 is 23.6 Å². The van der Waals surface area contributed by atoms with Crippen LogP contribution < -0.4 is 15.4 Å². The first-order valence-electron chi connectivity index (χ1n) is 11.8. The summed E-state index contributed by atoms with van der Waals surface area (Å²) in [5, 5.41) is 14.9. The van der Waals surface area contributed by atoms with Gasteiger partial charge in [0.2, 0.25) is 5.91 Å². The van der Waals surface area contributed by atoms with Crippen molar-refractivity contribution < 1.29 is 14.3 Å². The minimum absolute atomic E-state index is 0.0746. The summed E-state index contributed by atoms with van der Waals surface area (Å²) in [6.07, 6.45) is 0. The van der Waals surface area contributed by atoms with Crippen molar-refractivity contribution in [2.45, 2.75) is 57.9 Å². The van der Waals surface area contributed by atoms with Gasteiger partial charge in [0.25, 0.3) is 5.91 Å². The molecular weight excluding hydrogens is 462 g/mol. The molecule has 2 N–H and O–H groups in total. The first-order valence-corrected chi connectivity index (χ1v) is 12.7. The van der Waals surface area contributed by atoms with Crippen LogP contribution in [0.1, 0.15) is 56.6 Å². The molecule has 1 atom stereocenters. The van der Waals surface area contributed by atoms with Gasteiger partial charge in [0.15, 0.2) is 17.6 Å². The van der Waals surface area contributed by atoms with Gasteiger partial charge in [-0.05, 0) is 43.0 Å². The molecular formula is C26H33N5O3S. The van der Waals surface area contributed by atoms with E-state index in [1.54, 1.807) is 0 Å². The Labute approximate surface area is 210 Å². The van der Waals surface area contributed by atoms with Crippen LogP contribution >= 0.6 is 11.8 Å². The van der Waals surface area contributed by atoms with Crippen molar-refractivity contribution in [1.82, 2.24) is 25.4 Å². The summed E-state index contributed by atoms with van der Waals surface area (Å²) >= 11 is 1.32. The molecule has 9 heteroatoms. The molecule has 0 aliphatic heterocycles. The topological polar surface area (TPSA) is 98.1 Å². The Bertz CT molecular complexity index is 1100. The predicted octanol–water partition coefficient (Wildman–Crippen LogP) is 4.09. The standard InChI is InChI=1S/C26H33N5O3S/c1-5-31-23(15-27-24(32)16-34-22-13-11-20(12-14-22)18(2)3)29-30-26(31)35-17-25(33)28-19(4)21-9-7-6-8-10-21/h6-14,18-19H,5,15-17H2,1-4H3,(H,27,32)(H,28,33)/t19-/m0/s1. The van der Waals surface area contributed by atoms with Crippen LogP contribution in [0.25, 0.3) is 0 Å². The maximum atomic E-state index is 12.4. The molecule has 0 aliphatic rings. The number of carbonyl (C=O) groups is 2. The van der Waals surface area contributed by atoms with Crippen molar-refractivity contribution in [1.29, 1.82) is 0 Å². The summed E-state index contributed by atoms with van der Waals surface area (Å²) < 4.78 is 7.47. The Morgan fingerprint density at radius 3 is 2.34 bits per heavy atom. The minimum atomic E-state index is -0.243. The third-order valence-electron chi connectivity index (χ3n) is 5.48. The molecule has 8 nitrogen and oxygen atoms in total. The van der Waals surface area contributed by atoms with E-state index in [1.807, 2.05) is 73.0 Å². The maximum absolute atomic E-state index is 12.4. The summed E-state index contributed by atoms with van der Waals surface area (Å²) in [5.74, 6) is 1.63. The Hall–Kier alpha value is -3.33. The van der Waals surface area contributed by atoms with Gasteiger partial charge >= 0.3 is 0 Å². The molecule has 0 fully saturated rings. The highest BCUT2D eigenvalue weighted by Gasteiger charge is 2.15. The molecule has 0 aliphatic carbocycles. The van der Waals surface area contributed by atoms with Crippen LogP contribution in [0, 0.1) is 0 Å². The number of hydrogen-bond acceptors (Lipinski definition) is 6. The molecule has 0 saturated heterocycles. The summed E-state index contributed by atoms with van der Waals surface area (Å²) in [6, 6.07) is 17.5. The largest absolute Gasteiger partial charge is 0.484 e. The number of thioether (sulfide) groups is 1. The lowest BCUT2D eigenvalue weighted by Gasteiger charge is -2.14. The maximum Gasteiger partial charge on any atom is 0.258 e. The zero-order valence-electron chi connectivity index (χ0n) is 20.7. The van der Waals surface area contributed by atoms with Gasteiger partial charge in [-0.25, -0.2) is 0 Å². The van der Waals surface area contributed by atoms with Gasteiger partial charge in [0.1, 0.15) is 5.75 Å². The average molecular weight is 496 g/mol. The monoisotopic (exact) mass is 495 g/mol. The smallest absolute Gasteiger partial charge is 0.258 e. The molecule has 0 spiro atoms. The fraction of sp³-hybridized carbons (Fsp3) is 0.385. The number of nitrogens with zero attached hydrogens (tertiary/aromatic N) is 3. The molecule has 2 aromatic carbocycles. The van der Waals surface area contributed by atoms with Crippen molar-refractivity contribution in [2.75, 3.05) is 12.4 Å². The fourth-order valence-corrected chi connectivity index (χ4v) is 4.27. The van der Waals surface area contributed by atoms with Crippen LogP contribution in [0.3, 0.4) is 0 Å². The van der Waals surface area contributed by atoms with Gasteiger partial charge in [0.05, 0.1) is 18.3 Å². The summed E-state index contributed by atoms with van der Waals surface area (Å²) in [7, 11) is 0. The second-order valence-electron chi connectivity index (χ2n) is 8.42. The van der Waals surface area contributed by atoms with Crippen LogP contribution in [0.2, 0.25) is 0 Å². The van der Waals surface area contributed by atoms with Gasteiger partial charge in [-0.3, -0.25) is 9.59 Å². The van der Waals surface area contributed by atoms with E-state index in [2.05, 4.69) is 34.7 Å². The second kappa shape index (κ2) is 12.9. The summed E-state index contributed by atoms with van der Waals surface area (Å²) in [6.45, 7) is 8.96. The molecule has 3 aromatic rings. The van der Waals surface area contributed by atoms with E-state index in [4.69, 9.17) is 4.74 Å². The molecule has 3 rings (SSSR count). The molecule has 35 heavy (non-hydrogen) atoms. The number of benzene rings is 2. The highest BCUT2D eigenvalue weighted by molar-refractivity contribution is 7.99. The number of carbonyl (C=O) groups excluding carboxylic acids is 2. The average Bonchev–Trinajstić information content (AvgIpc) is 3.27. The Morgan fingerprint density at radius 2 is 1.69 bits per heavy atom. The lowest BCUT2D eigenvalue weighted by molar-refractivity contribution is -0.123. The number of aromatic nitrogens is 3. The van der Waals surface area contributed by atoms with E-state index in [9.17, 15) is 9.59 Å². The molecule has 0 bridgehead atoms. The highest BCUT2D eigenvalue weighted by Crippen LogP contribution is 2.19. The van der Waals surface area contributed by atoms with Crippen molar-refractivity contribution in [3.63, 3.8) is 0 Å². The molecule has 0 radical (unpaired) electrons. The number of amides is 2. The van der Waals surface area contributed by atoms with Crippen molar-refractivity contribution in [3.8, 4) is 5.75 Å².